The molecule has 0 atom stereocenters. The molecule has 92 valence electrons. The van der Waals surface area contributed by atoms with Crippen LogP contribution in [0.3, 0.4) is 0 Å². The maximum Gasteiger partial charge on any atom is 0.142 e. The number of amidine groups is 1. The van der Waals surface area contributed by atoms with Gasteiger partial charge in [-0.05, 0) is 18.2 Å². The number of nitrogens with zero attached hydrogens (tertiary/aromatic N) is 1. The first kappa shape index (κ1) is 12.0. The topological polar surface area (TPSA) is 72.0 Å². The van der Waals surface area contributed by atoms with Crippen LogP contribution in [0.5, 0.6) is 5.75 Å². The van der Waals surface area contributed by atoms with Crippen LogP contribution in [0.1, 0.15) is 11.3 Å². The fraction of sp³-hybridized carbons (Fsp3) is 0.0769. The molecule has 5 heteroatoms. The number of halogens is 1. The van der Waals surface area contributed by atoms with Crippen molar-refractivity contribution in [2.45, 2.75) is 6.61 Å². The largest absolute Gasteiger partial charge is 0.489 e. The lowest BCUT2D eigenvalue weighted by Gasteiger charge is -2.09. The van der Waals surface area contributed by atoms with Crippen LogP contribution in [0.2, 0.25) is 0 Å². The Labute approximate surface area is 104 Å². The Bertz CT molecular complexity index is 572. The molecule has 2 aromatic rings. The van der Waals surface area contributed by atoms with Crippen molar-refractivity contribution in [3.63, 3.8) is 0 Å². The van der Waals surface area contributed by atoms with E-state index in [0.717, 1.165) is 0 Å². The second-order valence-corrected chi connectivity index (χ2v) is 3.67. The molecule has 0 spiro atoms. The Morgan fingerprint density at radius 1 is 1.33 bits per heavy atom. The normalized spacial score (nSPS) is 10.1. The predicted octanol–water partition coefficient (Wildman–Crippen LogP) is 2.08. The Morgan fingerprint density at radius 2 is 2.17 bits per heavy atom. The van der Waals surface area contributed by atoms with Gasteiger partial charge in [0.25, 0.3) is 0 Å². The number of hydrogen-bond donors (Lipinski definition) is 2. The number of nitrogen functional groups attached to an aromatic ring is 1. The molecule has 1 heterocycles. The third-order valence-corrected chi connectivity index (χ3v) is 2.34. The molecule has 0 fully saturated rings. The summed E-state index contributed by atoms with van der Waals surface area (Å²) in [6, 6.07) is 9.37. The van der Waals surface area contributed by atoms with E-state index in [1.807, 2.05) is 0 Å². The molecule has 0 aliphatic carbocycles. The molecular weight excluding hydrogens is 233 g/mol. The fourth-order valence-electron chi connectivity index (χ4n) is 1.52. The van der Waals surface area contributed by atoms with Gasteiger partial charge in [-0.25, -0.2) is 4.39 Å². The van der Waals surface area contributed by atoms with Gasteiger partial charge < -0.3 is 10.5 Å². The summed E-state index contributed by atoms with van der Waals surface area (Å²) in [5.41, 5.74) is 6.49. The molecule has 0 unspecified atom stereocenters. The second kappa shape index (κ2) is 5.27. The lowest BCUT2D eigenvalue weighted by molar-refractivity contribution is 0.304. The van der Waals surface area contributed by atoms with E-state index in [1.165, 1.54) is 12.1 Å². The highest BCUT2D eigenvalue weighted by Gasteiger charge is 2.07. The van der Waals surface area contributed by atoms with E-state index in [9.17, 15) is 4.39 Å². The smallest absolute Gasteiger partial charge is 0.142 e. The maximum absolute atomic E-state index is 13.0. The first-order chi connectivity index (χ1) is 8.66. The van der Waals surface area contributed by atoms with Crippen molar-refractivity contribution < 1.29 is 9.13 Å². The summed E-state index contributed by atoms with van der Waals surface area (Å²) >= 11 is 0. The van der Waals surface area contributed by atoms with E-state index in [2.05, 4.69) is 4.98 Å². The van der Waals surface area contributed by atoms with E-state index < -0.39 is 0 Å². The van der Waals surface area contributed by atoms with Crippen LogP contribution in [0.15, 0.2) is 42.6 Å². The van der Waals surface area contributed by atoms with Gasteiger partial charge >= 0.3 is 0 Å². The van der Waals surface area contributed by atoms with Gasteiger partial charge in [0.15, 0.2) is 0 Å². The summed E-state index contributed by atoms with van der Waals surface area (Å²) in [5, 5.41) is 7.39. The molecule has 0 aliphatic heterocycles. The maximum atomic E-state index is 13.0. The average Bonchev–Trinajstić information content (AvgIpc) is 2.37. The Kier molecular flexibility index (Phi) is 3.52. The standard InChI is InChI=1S/C13H12FN3O/c14-10-4-1-5-11(7-10)18-8-9-3-2-6-17-12(9)13(15)16/h1-7H,8H2,(H3,15,16). The van der Waals surface area contributed by atoms with Gasteiger partial charge in [0.05, 0.1) is 0 Å². The van der Waals surface area contributed by atoms with Crippen molar-refractivity contribution in [2.24, 2.45) is 5.73 Å². The predicted molar refractivity (Wildman–Crippen MR) is 66.0 cm³/mol. The molecule has 1 aromatic heterocycles. The van der Waals surface area contributed by atoms with Gasteiger partial charge in [0.1, 0.15) is 29.7 Å². The lowest BCUT2D eigenvalue weighted by atomic mass is 10.2. The molecule has 3 N–H and O–H groups in total. The zero-order valence-electron chi connectivity index (χ0n) is 9.56. The van der Waals surface area contributed by atoms with Gasteiger partial charge in [0, 0.05) is 17.8 Å². The highest BCUT2D eigenvalue weighted by atomic mass is 19.1. The zero-order chi connectivity index (χ0) is 13.0. The summed E-state index contributed by atoms with van der Waals surface area (Å²) in [5.74, 6) is -0.0488. The Morgan fingerprint density at radius 3 is 2.89 bits per heavy atom. The Hall–Kier alpha value is -2.43. The first-order valence-electron chi connectivity index (χ1n) is 5.33. The van der Waals surface area contributed by atoms with Crippen molar-refractivity contribution in [1.29, 1.82) is 5.41 Å². The molecule has 1 aromatic carbocycles. The van der Waals surface area contributed by atoms with Gasteiger partial charge in [0.2, 0.25) is 0 Å². The van der Waals surface area contributed by atoms with Gasteiger partial charge in [-0.2, -0.15) is 0 Å². The number of aromatic nitrogens is 1. The van der Waals surface area contributed by atoms with Crippen molar-refractivity contribution in [3.05, 3.63) is 59.7 Å². The van der Waals surface area contributed by atoms with Crippen molar-refractivity contribution >= 4 is 5.84 Å². The molecule has 0 saturated carbocycles. The average molecular weight is 245 g/mol. The third-order valence-electron chi connectivity index (χ3n) is 2.34. The van der Waals surface area contributed by atoms with Crippen LogP contribution < -0.4 is 10.5 Å². The molecule has 18 heavy (non-hydrogen) atoms. The number of nitrogens with two attached hydrogens (primary N) is 1. The summed E-state index contributed by atoms with van der Waals surface area (Å²) < 4.78 is 18.4. The zero-order valence-corrected chi connectivity index (χ0v) is 9.56. The van der Waals surface area contributed by atoms with Crippen LogP contribution in [0.25, 0.3) is 0 Å². The van der Waals surface area contributed by atoms with Crippen molar-refractivity contribution in [3.8, 4) is 5.75 Å². The summed E-state index contributed by atoms with van der Waals surface area (Å²) in [6.45, 7) is 0.187. The molecule has 0 amide bonds. The summed E-state index contributed by atoms with van der Waals surface area (Å²) in [6.07, 6.45) is 1.56. The number of nitrogens with one attached hydrogen (secondary N) is 1. The first-order valence-corrected chi connectivity index (χ1v) is 5.33. The minimum absolute atomic E-state index is 0.117. The van der Waals surface area contributed by atoms with E-state index in [1.54, 1.807) is 30.5 Å². The van der Waals surface area contributed by atoms with E-state index >= 15 is 0 Å². The lowest BCUT2D eigenvalue weighted by Crippen LogP contribution is -2.16. The van der Waals surface area contributed by atoms with Gasteiger partial charge in [-0.3, -0.25) is 10.4 Å². The monoisotopic (exact) mass is 245 g/mol. The molecule has 2 rings (SSSR count). The molecule has 0 saturated heterocycles. The van der Waals surface area contributed by atoms with Crippen molar-refractivity contribution in [2.75, 3.05) is 0 Å². The third kappa shape index (κ3) is 2.82. The number of rotatable bonds is 4. The summed E-state index contributed by atoms with van der Waals surface area (Å²) in [7, 11) is 0. The van der Waals surface area contributed by atoms with E-state index in [4.69, 9.17) is 15.9 Å². The van der Waals surface area contributed by atoms with Gasteiger partial charge in [-0.1, -0.05) is 12.1 Å². The minimum Gasteiger partial charge on any atom is -0.489 e. The van der Waals surface area contributed by atoms with E-state index in [0.29, 0.717) is 17.0 Å². The van der Waals surface area contributed by atoms with Crippen molar-refractivity contribution in [1.82, 2.24) is 4.98 Å². The molecule has 0 aliphatic rings. The number of ether oxygens (including phenoxy) is 1. The van der Waals surface area contributed by atoms with Crippen LogP contribution in [0, 0.1) is 11.2 Å². The molecular formula is C13H12FN3O. The van der Waals surface area contributed by atoms with Crippen LogP contribution in [0.4, 0.5) is 4.39 Å². The van der Waals surface area contributed by atoms with E-state index in [-0.39, 0.29) is 18.3 Å². The van der Waals surface area contributed by atoms with Crippen LogP contribution in [-0.2, 0) is 6.61 Å². The highest BCUT2D eigenvalue weighted by Crippen LogP contribution is 2.15. The highest BCUT2D eigenvalue weighted by molar-refractivity contribution is 5.94. The molecule has 0 bridgehead atoms. The summed E-state index contributed by atoms with van der Waals surface area (Å²) in [4.78, 5) is 4.00. The second-order valence-electron chi connectivity index (χ2n) is 3.67. The van der Waals surface area contributed by atoms with Crippen LogP contribution in [-0.4, -0.2) is 10.8 Å². The number of benzene rings is 1. The van der Waals surface area contributed by atoms with Gasteiger partial charge in [-0.15, -0.1) is 0 Å². The quantitative estimate of drug-likeness (QED) is 0.640. The SMILES string of the molecule is N=C(N)c1ncccc1COc1cccc(F)c1. The Balaban J connectivity index is 2.13. The minimum atomic E-state index is -0.356. The van der Waals surface area contributed by atoms with Crippen LogP contribution >= 0.6 is 0 Å². The fourth-order valence-corrected chi connectivity index (χ4v) is 1.52. The number of pyridine rings is 1. The molecule has 0 radical (unpaired) electrons. The molecule has 4 nitrogen and oxygen atoms in total. The number of hydrogen-bond acceptors (Lipinski definition) is 3.